The van der Waals surface area contributed by atoms with Crippen molar-refractivity contribution >= 4 is 7.82 Å². The van der Waals surface area contributed by atoms with E-state index in [-0.39, 0.29) is 34.9 Å². The number of hydrogen-bond acceptors (Lipinski definition) is 6. The predicted molar refractivity (Wildman–Crippen MR) is 193 cm³/mol. The van der Waals surface area contributed by atoms with E-state index in [9.17, 15) is 9.67 Å². The zero-order valence-electron chi connectivity index (χ0n) is 31.2. The number of hydrogen-bond donors (Lipinski definition) is 1. The Morgan fingerprint density at radius 2 is 1.04 bits per heavy atom. The average Bonchev–Trinajstić information content (AvgIpc) is 2.88. The van der Waals surface area contributed by atoms with Gasteiger partial charge in [-0.2, -0.15) is 0 Å². The first-order valence-electron chi connectivity index (χ1n) is 16.8. The second-order valence-electron chi connectivity index (χ2n) is 17.3. The first-order valence-corrected chi connectivity index (χ1v) is 18.2. The molecular formula is C40H57O6P. The second-order valence-corrected chi connectivity index (χ2v) is 18.9. The molecule has 1 N–H and O–H groups in total. The number of benzene rings is 3. The molecule has 1 aliphatic heterocycles. The van der Waals surface area contributed by atoms with Crippen LogP contribution in [0.5, 0.6) is 17.2 Å². The van der Waals surface area contributed by atoms with Crippen molar-refractivity contribution in [2.45, 2.75) is 132 Å². The van der Waals surface area contributed by atoms with Gasteiger partial charge in [0.2, 0.25) is 0 Å². The van der Waals surface area contributed by atoms with Gasteiger partial charge in [0.15, 0.2) is 0 Å². The Bertz CT molecular complexity index is 1560. The third-order valence-corrected chi connectivity index (χ3v) is 9.87. The quantitative estimate of drug-likeness (QED) is 0.209. The average molecular weight is 665 g/mol. The van der Waals surface area contributed by atoms with Crippen LogP contribution in [0.2, 0.25) is 0 Å². The summed E-state index contributed by atoms with van der Waals surface area (Å²) in [6.07, 6.45) is 0.586. The predicted octanol–water partition coefficient (Wildman–Crippen LogP) is 10.9. The molecule has 0 aliphatic carbocycles. The third-order valence-electron chi connectivity index (χ3n) is 8.56. The molecule has 1 aliphatic rings. The van der Waals surface area contributed by atoms with Crippen molar-refractivity contribution in [1.29, 1.82) is 0 Å². The van der Waals surface area contributed by atoms with Gasteiger partial charge in [-0.05, 0) is 75.5 Å². The van der Waals surface area contributed by atoms with E-state index in [2.05, 4.69) is 121 Å². The number of aromatic hydroxyl groups is 1. The first-order chi connectivity index (χ1) is 21.4. The minimum Gasteiger partial charge on any atom is -0.507 e. The molecule has 0 bridgehead atoms. The number of ether oxygens (including phenoxy) is 1. The number of aryl methyl sites for hydroxylation is 2. The molecule has 0 atom stereocenters. The summed E-state index contributed by atoms with van der Waals surface area (Å²) in [5, 5.41) is 11.1. The van der Waals surface area contributed by atoms with Gasteiger partial charge in [-0.15, -0.1) is 0 Å². The summed E-state index contributed by atoms with van der Waals surface area (Å²) >= 11 is 0. The molecule has 6 nitrogen and oxygen atoms in total. The summed E-state index contributed by atoms with van der Waals surface area (Å²) in [4.78, 5) is 0. The molecule has 0 spiro atoms. The summed E-state index contributed by atoms with van der Waals surface area (Å²) in [6, 6.07) is 12.4. The molecule has 4 rings (SSSR count). The highest BCUT2D eigenvalue weighted by Gasteiger charge is 2.39. The van der Waals surface area contributed by atoms with E-state index in [0.29, 0.717) is 30.3 Å². The minimum atomic E-state index is -4.16. The van der Waals surface area contributed by atoms with Gasteiger partial charge in [-0.25, -0.2) is 4.57 Å². The lowest BCUT2D eigenvalue weighted by molar-refractivity contribution is 0.0779. The molecule has 0 aromatic heterocycles. The van der Waals surface area contributed by atoms with Gasteiger partial charge in [-0.1, -0.05) is 118 Å². The Hall–Kier alpha value is -2.79. The van der Waals surface area contributed by atoms with Crippen molar-refractivity contribution in [2.24, 2.45) is 0 Å². The van der Waals surface area contributed by atoms with Crippen LogP contribution in [0, 0.1) is 13.8 Å². The van der Waals surface area contributed by atoms with Gasteiger partial charge in [0, 0.05) is 17.5 Å². The van der Waals surface area contributed by atoms with Gasteiger partial charge >= 0.3 is 7.82 Å². The SMILES string of the molecule is Cc1cc2c(c(C(C)(C)C)c1)OP(=O)(OCCOCc1cc(C(C)(C)C)c(O)c(C(C)(C)C)c1)Oc1c(cc(C)cc1C(C)(C)C)C2. The molecule has 0 saturated carbocycles. The van der Waals surface area contributed by atoms with Crippen LogP contribution in [-0.4, -0.2) is 18.3 Å². The van der Waals surface area contributed by atoms with Crippen LogP contribution < -0.4 is 9.05 Å². The van der Waals surface area contributed by atoms with E-state index in [1.54, 1.807) is 0 Å². The third kappa shape index (κ3) is 8.63. The maximum absolute atomic E-state index is 14.7. The Morgan fingerprint density at radius 1 is 0.638 bits per heavy atom. The smallest absolute Gasteiger partial charge is 0.507 e. The second kappa shape index (κ2) is 12.9. The fourth-order valence-electron chi connectivity index (χ4n) is 6.11. The summed E-state index contributed by atoms with van der Waals surface area (Å²) < 4.78 is 39.6. The molecule has 0 saturated heterocycles. The van der Waals surface area contributed by atoms with Crippen molar-refractivity contribution in [3.8, 4) is 17.2 Å². The van der Waals surface area contributed by atoms with Crippen LogP contribution in [0.25, 0.3) is 0 Å². The molecule has 3 aromatic carbocycles. The number of phosphoric ester groups is 1. The standard InChI is InChI=1S/C40H57O6P/c1-25-17-28-23-29-18-26(2)20-33(40(12,13)14)36(29)46-47(42,45-35(28)32(19-25)39(9,10)11)44-16-15-43-24-27-21-30(37(3,4)5)34(41)31(22-27)38(6,7)8/h17-22,41H,15-16,23-24H2,1-14H3. The number of phosphoric acid groups is 1. The number of phenols is 1. The van der Waals surface area contributed by atoms with Gasteiger partial charge in [0.05, 0.1) is 19.8 Å². The van der Waals surface area contributed by atoms with Gasteiger partial charge < -0.3 is 18.9 Å². The molecule has 0 fully saturated rings. The highest BCUT2D eigenvalue weighted by atomic mass is 31.2. The monoisotopic (exact) mass is 664 g/mol. The van der Waals surface area contributed by atoms with E-state index in [1.807, 2.05) is 12.1 Å². The van der Waals surface area contributed by atoms with Crippen LogP contribution >= 0.6 is 7.82 Å². The van der Waals surface area contributed by atoms with E-state index < -0.39 is 7.82 Å². The Morgan fingerprint density at radius 3 is 1.43 bits per heavy atom. The molecule has 1 heterocycles. The van der Waals surface area contributed by atoms with Crippen LogP contribution in [-0.2, 0) is 48.5 Å². The number of phenolic OH excluding ortho intramolecular Hbond substituents is 1. The topological polar surface area (TPSA) is 74.2 Å². The van der Waals surface area contributed by atoms with Crippen molar-refractivity contribution < 1.29 is 28.0 Å². The summed E-state index contributed by atoms with van der Waals surface area (Å²) in [5.74, 6) is 1.46. The van der Waals surface area contributed by atoms with E-state index >= 15 is 0 Å². The Labute approximate surface area is 283 Å². The van der Waals surface area contributed by atoms with Gasteiger partial charge in [-0.3, -0.25) is 4.52 Å². The zero-order valence-corrected chi connectivity index (χ0v) is 32.1. The number of rotatable bonds is 6. The summed E-state index contributed by atoms with van der Waals surface area (Å²) in [7, 11) is -4.16. The van der Waals surface area contributed by atoms with E-state index in [0.717, 1.165) is 50.1 Å². The molecule has 0 radical (unpaired) electrons. The van der Waals surface area contributed by atoms with E-state index in [4.69, 9.17) is 18.3 Å². The lowest BCUT2D eigenvalue weighted by atomic mass is 9.78. The fraction of sp³-hybridized carbons (Fsp3) is 0.550. The Kier molecular flexibility index (Phi) is 10.2. The summed E-state index contributed by atoms with van der Waals surface area (Å²) in [6.45, 7) is 30.0. The van der Waals surface area contributed by atoms with Crippen LogP contribution in [0.3, 0.4) is 0 Å². The lowest BCUT2D eigenvalue weighted by Gasteiger charge is -2.32. The van der Waals surface area contributed by atoms with Crippen LogP contribution in [0.15, 0.2) is 36.4 Å². The number of fused-ring (bicyclic) bond motifs is 2. The lowest BCUT2D eigenvalue weighted by Crippen LogP contribution is -2.21. The Balaban J connectivity index is 1.66. The molecule has 258 valence electrons. The van der Waals surface area contributed by atoms with Crippen molar-refractivity contribution in [3.05, 3.63) is 86.5 Å². The molecule has 0 unspecified atom stereocenters. The van der Waals surface area contributed by atoms with Gasteiger partial charge in [0.25, 0.3) is 0 Å². The first kappa shape index (κ1) is 37.0. The molecule has 47 heavy (non-hydrogen) atoms. The molecule has 7 heteroatoms. The highest BCUT2D eigenvalue weighted by molar-refractivity contribution is 7.49. The van der Waals surface area contributed by atoms with Gasteiger partial charge in [0.1, 0.15) is 17.2 Å². The normalized spacial score (nSPS) is 15.2. The van der Waals surface area contributed by atoms with Crippen LogP contribution in [0.1, 0.15) is 133 Å². The zero-order chi connectivity index (χ0) is 35.3. The maximum Gasteiger partial charge on any atom is 0.587 e. The fourth-order valence-corrected chi connectivity index (χ4v) is 7.43. The largest absolute Gasteiger partial charge is 0.587 e. The van der Waals surface area contributed by atoms with Crippen molar-refractivity contribution in [1.82, 2.24) is 0 Å². The van der Waals surface area contributed by atoms with Crippen molar-refractivity contribution in [3.63, 3.8) is 0 Å². The van der Waals surface area contributed by atoms with Crippen LogP contribution in [0.4, 0.5) is 0 Å². The maximum atomic E-state index is 14.7. The molecular weight excluding hydrogens is 607 g/mol. The molecule has 3 aromatic rings. The van der Waals surface area contributed by atoms with Crippen molar-refractivity contribution in [2.75, 3.05) is 13.2 Å². The van der Waals surface area contributed by atoms with E-state index in [1.165, 1.54) is 0 Å². The summed E-state index contributed by atoms with van der Waals surface area (Å²) in [5.41, 5.74) is 7.78. The minimum absolute atomic E-state index is 0.00566. The molecule has 0 amide bonds. The highest BCUT2D eigenvalue weighted by Crippen LogP contribution is 2.56.